The summed E-state index contributed by atoms with van der Waals surface area (Å²) in [5.74, 6) is 1.46. The summed E-state index contributed by atoms with van der Waals surface area (Å²) in [6.45, 7) is 2.51. The maximum Gasteiger partial charge on any atom is 0.225 e. The van der Waals surface area contributed by atoms with Gasteiger partial charge in [0.25, 0.3) is 0 Å². The molecule has 0 spiro atoms. The monoisotopic (exact) mass is 532 g/mol. The van der Waals surface area contributed by atoms with E-state index in [9.17, 15) is 4.79 Å². The Kier molecular flexibility index (Phi) is 10.6. The van der Waals surface area contributed by atoms with Crippen LogP contribution < -0.4 is 10.6 Å². The van der Waals surface area contributed by atoms with Gasteiger partial charge in [-0.1, -0.05) is 43.0 Å². The molecule has 5 nitrogen and oxygen atoms in total. The molecule has 1 unspecified atom stereocenters. The summed E-state index contributed by atoms with van der Waals surface area (Å²) in [5.41, 5.74) is 1.29. The van der Waals surface area contributed by atoms with Crippen molar-refractivity contribution in [2.75, 3.05) is 26.7 Å². The van der Waals surface area contributed by atoms with Crippen LogP contribution in [0.4, 0.5) is 0 Å². The molecule has 1 amide bonds. The number of guanidine groups is 1. The number of carbonyl (C=O) groups is 1. The highest BCUT2D eigenvalue weighted by Crippen LogP contribution is 2.26. The zero-order valence-electron chi connectivity index (χ0n) is 17.3. The molecule has 2 aliphatic rings. The summed E-state index contributed by atoms with van der Waals surface area (Å²) in [6.07, 6.45) is 8.87. The molecule has 1 heterocycles. The molecule has 162 valence electrons. The molecular formula is C22H34ClIN4O. The van der Waals surface area contributed by atoms with Crippen LogP contribution in [0.15, 0.2) is 29.3 Å². The highest BCUT2D eigenvalue weighted by molar-refractivity contribution is 14.0. The molecule has 29 heavy (non-hydrogen) atoms. The molecule has 0 aromatic heterocycles. The van der Waals surface area contributed by atoms with Crippen molar-refractivity contribution in [3.8, 4) is 0 Å². The molecule has 1 aromatic carbocycles. The minimum atomic E-state index is 0. The number of benzene rings is 1. The van der Waals surface area contributed by atoms with E-state index in [0.717, 1.165) is 62.7 Å². The maximum atomic E-state index is 12.7. The molecule has 1 saturated carbocycles. The molecule has 0 bridgehead atoms. The van der Waals surface area contributed by atoms with Gasteiger partial charge in [0.05, 0.1) is 0 Å². The smallest absolute Gasteiger partial charge is 0.225 e. The number of amides is 1. The minimum Gasteiger partial charge on any atom is -0.356 e. The SMILES string of the molecule is CN=C(NCCCc1ccc(Cl)cc1)NC1CCN(C(=O)C2CCCCC2)C1.I. The van der Waals surface area contributed by atoms with E-state index in [0.29, 0.717) is 5.91 Å². The number of rotatable bonds is 6. The van der Waals surface area contributed by atoms with Crippen LogP contribution in [0.5, 0.6) is 0 Å². The quantitative estimate of drug-likeness (QED) is 0.249. The van der Waals surface area contributed by atoms with Crippen LogP contribution in [0.25, 0.3) is 0 Å². The van der Waals surface area contributed by atoms with Gasteiger partial charge in [-0.15, -0.1) is 24.0 Å². The Balaban J connectivity index is 0.00000300. The average Bonchev–Trinajstić information content (AvgIpc) is 3.20. The molecule has 2 N–H and O–H groups in total. The van der Waals surface area contributed by atoms with Crippen molar-refractivity contribution in [1.29, 1.82) is 0 Å². The van der Waals surface area contributed by atoms with Crippen LogP contribution in [0, 0.1) is 5.92 Å². The highest BCUT2D eigenvalue weighted by atomic mass is 127. The minimum absolute atomic E-state index is 0. The lowest BCUT2D eigenvalue weighted by molar-refractivity contribution is -0.135. The van der Waals surface area contributed by atoms with Crippen LogP contribution >= 0.6 is 35.6 Å². The Morgan fingerprint density at radius 3 is 2.59 bits per heavy atom. The Morgan fingerprint density at radius 2 is 1.90 bits per heavy atom. The van der Waals surface area contributed by atoms with Gasteiger partial charge in [0.15, 0.2) is 5.96 Å². The van der Waals surface area contributed by atoms with Crippen molar-refractivity contribution in [2.24, 2.45) is 10.9 Å². The lowest BCUT2D eigenvalue weighted by atomic mass is 9.88. The summed E-state index contributed by atoms with van der Waals surface area (Å²) in [6, 6.07) is 8.31. The maximum absolute atomic E-state index is 12.7. The molecule has 3 rings (SSSR count). The van der Waals surface area contributed by atoms with Gasteiger partial charge in [0.2, 0.25) is 5.91 Å². The van der Waals surface area contributed by atoms with Crippen molar-refractivity contribution >= 4 is 47.4 Å². The number of aliphatic imine (C=N–C) groups is 1. The van der Waals surface area contributed by atoms with E-state index in [-0.39, 0.29) is 35.9 Å². The third-order valence-corrected chi connectivity index (χ3v) is 6.12. The second kappa shape index (κ2) is 12.6. The number of likely N-dealkylation sites (tertiary alicyclic amines) is 1. The largest absolute Gasteiger partial charge is 0.356 e. The molecule has 1 atom stereocenters. The normalized spacial score (nSPS) is 20.3. The van der Waals surface area contributed by atoms with Gasteiger partial charge >= 0.3 is 0 Å². The summed E-state index contributed by atoms with van der Waals surface area (Å²) in [7, 11) is 1.80. The second-order valence-corrected chi connectivity index (χ2v) is 8.41. The number of nitrogens with one attached hydrogen (secondary N) is 2. The first kappa shape index (κ1) is 24.3. The fraction of sp³-hybridized carbons (Fsp3) is 0.636. The van der Waals surface area contributed by atoms with Gasteiger partial charge < -0.3 is 15.5 Å². The first-order chi connectivity index (χ1) is 13.7. The van der Waals surface area contributed by atoms with E-state index in [1.54, 1.807) is 7.05 Å². The third-order valence-electron chi connectivity index (χ3n) is 5.87. The van der Waals surface area contributed by atoms with E-state index in [4.69, 9.17) is 11.6 Å². The van der Waals surface area contributed by atoms with Crippen molar-refractivity contribution in [2.45, 2.75) is 57.4 Å². The van der Waals surface area contributed by atoms with Gasteiger partial charge in [-0.05, 0) is 49.8 Å². The van der Waals surface area contributed by atoms with Gasteiger partial charge in [0.1, 0.15) is 0 Å². The lowest BCUT2D eigenvalue weighted by Crippen LogP contribution is -2.45. The predicted octanol–water partition coefficient (Wildman–Crippen LogP) is 4.24. The zero-order valence-corrected chi connectivity index (χ0v) is 20.4. The van der Waals surface area contributed by atoms with Crippen LogP contribution in [-0.2, 0) is 11.2 Å². The van der Waals surface area contributed by atoms with Crippen LogP contribution in [0.3, 0.4) is 0 Å². The Morgan fingerprint density at radius 1 is 1.17 bits per heavy atom. The van der Waals surface area contributed by atoms with Crippen molar-refractivity contribution in [3.05, 3.63) is 34.9 Å². The van der Waals surface area contributed by atoms with Crippen molar-refractivity contribution in [1.82, 2.24) is 15.5 Å². The molecular weight excluding hydrogens is 499 g/mol. The van der Waals surface area contributed by atoms with Crippen molar-refractivity contribution < 1.29 is 4.79 Å². The van der Waals surface area contributed by atoms with Crippen molar-refractivity contribution in [3.63, 3.8) is 0 Å². The van der Waals surface area contributed by atoms with E-state index in [2.05, 4.69) is 32.7 Å². The molecule has 7 heteroatoms. The number of hydrogen-bond donors (Lipinski definition) is 2. The fourth-order valence-corrected chi connectivity index (χ4v) is 4.35. The Hall–Kier alpha value is -1.02. The molecule has 1 aliphatic carbocycles. The predicted molar refractivity (Wildman–Crippen MR) is 131 cm³/mol. The molecule has 0 radical (unpaired) electrons. The van der Waals surface area contributed by atoms with E-state index in [1.165, 1.54) is 24.8 Å². The van der Waals surface area contributed by atoms with Gasteiger partial charge in [-0.2, -0.15) is 0 Å². The van der Waals surface area contributed by atoms with Crippen LogP contribution in [0.2, 0.25) is 5.02 Å². The Labute approximate surface area is 197 Å². The zero-order chi connectivity index (χ0) is 19.8. The summed E-state index contributed by atoms with van der Waals surface area (Å²) < 4.78 is 0. The highest BCUT2D eigenvalue weighted by Gasteiger charge is 2.31. The average molecular weight is 533 g/mol. The molecule has 1 aromatic rings. The standard InChI is InChI=1S/C22H33ClN4O.HI/c1-24-22(25-14-5-6-17-9-11-19(23)12-10-17)26-20-13-15-27(16-20)21(28)18-7-3-2-4-8-18;/h9-12,18,20H,2-8,13-16H2,1H3,(H2,24,25,26);1H. The molecule has 2 fully saturated rings. The first-order valence-corrected chi connectivity index (χ1v) is 11.0. The topological polar surface area (TPSA) is 56.7 Å². The van der Waals surface area contributed by atoms with Crippen LogP contribution in [0.1, 0.15) is 50.5 Å². The lowest BCUT2D eigenvalue weighted by Gasteiger charge is -2.26. The molecule has 1 saturated heterocycles. The second-order valence-electron chi connectivity index (χ2n) is 7.98. The summed E-state index contributed by atoms with van der Waals surface area (Å²) in [4.78, 5) is 19.1. The number of nitrogens with zero attached hydrogens (tertiary/aromatic N) is 2. The van der Waals surface area contributed by atoms with Gasteiger partial charge in [0, 0.05) is 43.7 Å². The summed E-state index contributed by atoms with van der Waals surface area (Å²) in [5, 5.41) is 7.66. The number of carbonyl (C=O) groups excluding carboxylic acids is 1. The van der Waals surface area contributed by atoms with E-state index >= 15 is 0 Å². The number of hydrogen-bond acceptors (Lipinski definition) is 2. The van der Waals surface area contributed by atoms with Gasteiger partial charge in [-0.25, -0.2) is 0 Å². The van der Waals surface area contributed by atoms with E-state index < -0.39 is 0 Å². The summed E-state index contributed by atoms with van der Waals surface area (Å²) >= 11 is 5.93. The third kappa shape index (κ3) is 7.63. The number of halogens is 2. The number of aryl methyl sites for hydroxylation is 1. The first-order valence-electron chi connectivity index (χ1n) is 10.7. The van der Waals surface area contributed by atoms with E-state index in [1.807, 2.05) is 12.1 Å². The Bertz CT molecular complexity index is 661. The van der Waals surface area contributed by atoms with Gasteiger partial charge in [-0.3, -0.25) is 9.79 Å². The fourth-order valence-electron chi connectivity index (χ4n) is 4.22. The van der Waals surface area contributed by atoms with Crippen LogP contribution in [-0.4, -0.2) is 49.5 Å². The molecule has 1 aliphatic heterocycles.